The molecular formula is C12H24N6O2. The third-order valence-corrected chi connectivity index (χ3v) is 2.50. The first kappa shape index (κ1) is 16.4. The molecule has 1 heterocycles. The molecule has 114 valence electrons. The van der Waals surface area contributed by atoms with Crippen LogP contribution in [0.15, 0.2) is 0 Å². The van der Waals surface area contributed by atoms with E-state index < -0.39 is 5.60 Å². The van der Waals surface area contributed by atoms with Crippen molar-refractivity contribution >= 4 is 11.9 Å². The number of nitrogens with two attached hydrogens (primary N) is 1. The van der Waals surface area contributed by atoms with E-state index in [0.29, 0.717) is 18.9 Å². The molecule has 0 aromatic carbocycles. The number of aromatic nitrogens is 3. The zero-order valence-corrected chi connectivity index (χ0v) is 12.5. The first-order chi connectivity index (χ1) is 9.36. The first-order valence-electron chi connectivity index (χ1n) is 6.72. The third-order valence-electron chi connectivity index (χ3n) is 2.50. The number of hydrogen-bond acceptors (Lipinski definition) is 8. The van der Waals surface area contributed by atoms with Crippen molar-refractivity contribution in [2.24, 2.45) is 5.84 Å². The summed E-state index contributed by atoms with van der Waals surface area (Å²) in [6.45, 7) is 7.85. The van der Waals surface area contributed by atoms with Crippen LogP contribution < -0.4 is 21.3 Å². The van der Waals surface area contributed by atoms with E-state index >= 15 is 0 Å². The average molecular weight is 284 g/mol. The topological polar surface area (TPSA) is 118 Å². The number of hydrazine groups is 1. The maximum absolute atomic E-state index is 10.1. The maximum atomic E-state index is 10.1. The summed E-state index contributed by atoms with van der Waals surface area (Å²) in [4.78, 5) is 12.2. The molecule has 0 amide bonds. The minimum absolute atomic E-state index is 0.0564. The molecule has 0 aliphatic carbocycles. The maximum Gasteiger partial charge on any atom is 0.323 e. The Kier molecular flexibility index (Phi) is 5.90. The fraction of sp³-hybridized carbons (Fsp3) is 0.750. The fourth-order valence-corrected chi connectivity index (χ4v) is 1.66. The van der Waals surface area contributed by atoms with Crippen molar-refractivity contribution in [2.75, 3.05) is 17.3 Å². The minimum Gasteiger partial charge on any atom is -0.461 e. The van der Waals surface area contributed by atoms with E-state index in [0.717, 1.165) is 6.42 Å². The van der Waals surface area contributed by atoms with Gasteiger partial charge in [-0.15, -0.1) is 0 Å². The molecule has 1 atom stereocenters. The van der Waals surface area contributed by atoms with Crippen molar-refractivity contribution in [3.05, 3.63) is 0 Å². The number of rotatable bonds is 8. The van der Waals surface area contributed by atoms with Gasteiger partial charge in [-0.2, -0.15) is 15.0 Å². The van der Waals surface area contributed by atoms with Crippen LogP contribution in [-0.2, 0) is 0 Å². The van der Waals surface area contributed by atoms with E-state index in [4.69, 9.17) is 10.6 Å². The summed E-state index contributed by atoms with van der Waals surface area (Å²) in [5.74, 6) is 5.82. The highest BCUT2D eigenvalue weighted by Gasteiger charge is 2.19. The number of nitrogens with zero attached hydrogens (tertiary/aromatic N) is 3. The van der Waals surface area contributed by atoms with Gasteiger partial charge in [0, 0.05) is 6.54 Å². The van der Waals surface area contributed by atoms with Crippen molar-refractivity contribution in [2.45, 2.75) is 52.2 Å². The molecule has 5 N–H and O–H groups in total. The summed E-state index contributed by atoms with van der Waals surface area (Å²) in [6.07, 6.45) is 1.52. The van der Waals surface area contributed by atoms with Crippen molar-refractivity contribution < 1.29 is 9.84 Å². The van der Waals surface area contributed by atoms with Gasteiger partial charge in [0.25, 0.3) is 0 Å². The zero-order valence-electron chi connectivity index (χ0n) is 12.5. The second-order valence-electron chi connectivity index (χ2n) is 5.18. The standard InChI is InChI=1S/C12H24N6O2/c1-5-6-12(4,19)7-14-9-15-10(18-13)17-11(16-9)20-8(2)3/h8,19H,5-7,13H2,1-4H3,(H2,14,15,16,17,18). The van der Waals surface area contributed by atoms with Crippen molar-refractivity contribution in [3.63, 3.8) is 0 Å². The third kappa shape index (κ3) is 5.54. The Balaban J connectivity index is 2.78. The lowest BCUT2D eigenvalue weighted by atomic mass is 10.0. The molecule has 0 aliphatic heterocycles. The number of ether oxygens (including phenoxy) is 1. The Bertz CT molecular complexity index is 424. The predicted molar refractivity (Wildman–Crippen MR) is 77.4 cm³/mol. The lowest BCUT2D eigenvalue weighted by Gasteiger charge is -2.23. The monoisotopic (exact) mass is 284 g/mol. The first-order valence-corrected chi connectivity index (χ1v) is 6.72. The molecule has 1 aromatic heterocycles. The zero-order chi connectivity index (χ0) is 15.2. The summed E-state index contributed by atoms with van der Waals surface area (Å²) in [5, 5.41) is 13.1. The molecule has 1 rings (SSSR count). The second kappa shape index (κ2) is 7.20. The molecule has 8 nitrogen and oxygen atoms in total. The molecule has 0 bridgehead atoms. The quantitative estimate of drug-likeness (QED) is 0.411. The van der Waals surface area contributed by atoms with Gasteiger partial charge < -0.3 is 15.2 Å². The molecule has 20 heavy (non-hydrogen) atoms. The van der Waals surface area contributed by atoms with Crippen LogP contribution in [0, 0.1) is 0 Å². The highest BCUT2D eigenvalue weighted by Crippen LogP contribution is 2.15. The summed E-state index contributed by atoms with van der Waals surface area (Å²) < 4.78 is 5.42. The highest BCUT2D eigenvalue weighted by molar-refractivity contribution is 5.35. The summed E-state index contributed by atoms with van der Waals surface area (Å²) in [6, 6.07) is 0.181. The average Bonchev–Trinajstić information content (AvgIpc) is 2.35. The van der Waals surface area contributed by atoms with Crippen molar-refractivity contribution in [1.29, 1.82) is 0 Å². The number of nitrogens with one attached hydrogen (secondary N) is 2. The number of hydrogen-bond donors (Lipinski definition) is 4. The molecule has 0 radical (unpaired) electrons. The Morgan fingerprint density at radius 3 is 2.50 bits per heavy atom. The van der Waals surface area contributed by atoms with Crippen LogP contribution in [0.3, 0.4) is 0 Å². The molecule has 0 saturated heterocycles. The molecule has 0 aliphatic rings. The molecule has 0 fully saturated rings. The van der Waals surface area contributed by atoms with Crippen LogP contribution in [0.4, 0.5) is 11.9 Å². The van der Waals surface area contributed by atoms with Gasteiger partial charge >= 0.3 is 6.01 Å². The molecule has 0 spiro atoms. The van der Waals surface area contributed by atoms with E-state index in [1.54, 1.807) is 6.92 Å². The minimum atomic E-state index is -0.823. The molecule has 1 unspecified atom stereocenters. The molecule has 0 saturated carbocycles. The van der Waals surface area contributed by atoms with E-state index in [9.17, 15) is 5.11 Å². The number of anilines is 2. The van der Waals surface area contributed by atoms with Gasteiger partial charge in [0.05, 0.1) is 11.7 Å². The Labute approximate surface area is 119 Å². The van der Waals surface area contributed by atoms with Crippen LogP contribution in [0.1, 0.15) is 40.5 Å². The van der Waals surface area contributed by atoms with Crippen molar-refractivity contribution in [1.82, 2.24) is 15.0 Å². The molecule has 1 aromatic rings. The SMILES string of the molecule is CCCC(C)(O)CNc1nc(NN)nc(OC(C)C)n1. The Hall–Kier alpha value is -1.67. The number of nitrogen functional groups attached to an aromatic ring is 1. The summed E-state index contributed by atoms with van der Waals surface area (Å²) in [7, 11) is 0. The largest absolute Gasteiger partial charge is 0.461 e. The van der Waals surface area contributed by atoms with Gasteiger partial charge in [0.2, 0.25) is 11.9 Å². The summed E-state index contributed by atoms with van der Waals surface area (Å²) >= 11 is 0. The van der Waals surface area contributed by atoms with Gasteiger partial charge in [-0.25, -0.2) is 5.84 Å². The fourth-order valence-electron chi connectivity index (χ4n) is 1.66. The summed E-state index contributed by atoms with van der Waals surface area (Å²) in [5.41, 5.74) is 1.54. The Morgan fingerprint density at radius 2 is 1.95 bits per heavy atom. The molecule has 8 heteroatoms. The van der Waals surface area contributed by atoms with E-state index in [1.807, 2.05) is 20.8 Å². The van der Waals surface area contributed by atoms with Gasteiger partial charge in [-0.1, -0.05) is 13.3 Å². The normalized spacial score (nSPS) is 13.9. The van der Waals surface area contributed by atoms with Gasteiger partial charge in [-0.05, 0) is 27.2 Å². The van der Waals surface area contributed by atoms with Crippen LogP contribution in [-0.4, -0.2) is 38.3 Å². The van der Waals surface area contributed by atoms with Crippen LogP contribution >= 0.6 is 0 Å². The van der Waals surface area contributed by atoms with Crippen molar-refractivity contribution in [3.8, 4) is 6.01 Å². The van der Waals surface area contributed by atoms with E-state index in [-0.39, 0.29) is 18.1 Å². The highest BCUT2D eigenvalue weighted by atomic mass is 16.5. The van der Waals surface area contributed by atoms with Gasteiger partial charge in [0.15, 0.2) is 0 Å². The predicted octanol–water partition coefficient (Wildman–Crippen LogP) is 0.907. The van der Waals surface area contributed by atoms with E-state index in [1.165, 1.54) is 0 Å². The lowest BCUT2D eigenvalue weighted by Crippen LogP contribution is -2.33. The lowest BCUT2D eigenvalue weighted by molar-refractivity contribution is 0.0634. The van der Waals surface area contributed by atoms with Crippen LogP contribution in [0.25, 0.3) is 0 Å². The molecular weight excluding hydrogens is 260 g/mol. The Morgan fingerprint density at radius 1 is 1.30 bits per heavy atom. The second-order valence-corrected chi connectivity index (χ2v) is 5.18. The smallest absolute Gasteiger partial charge is 0.323 e. The van der Waals surface area contributed by atoms with Gasteiger partial charge in [-0.3, -0.25) is 5.43 Å². The number of aliphatic hydroxyl groups is 1. The van der Waals surface area contributed by atoms with Crippen LogP contribution in [0.5, 0.6) is 6.01 Å². The van der Waals surface area contributed by atoms with Gasteiger partial charge in [0.1, 0.15) is 0 Å². The van der Waals surface area contributed by atoms with Crippen LogP contribution in [0.2, 0.25) is 0 Å². The van der Waals surface area contributed by atoms with E-state index in [2.05, 4.69) is 25.7 Å².